The van der Waals surface area contributed by atoms with E-state index in [1.165, 1.54) is 17.7 Å². The van der Waals surface area contributed by atoms with Crippen LogP contribution in [0.25, 0.3) is 0 Å². The zero-order valence-corrected chi connectivity index (χ0v) is 12.0. The van der Waals surface area contributed by atoms with Crippen molar-refractivity contribution >= 4 is 23.4 Å². The van der Waals surface area contributed by atoms with Crippen LogP contribution in [0.1, 0.15) is 25.8 Å². The first-order valence-corrected chi connectivity index (χ1v) is 7.68. The lowest BCUT2D eigenvalue weighted by atomic mass is 10.1. The van der Waals surface area contributed by atoms with E-state index in [4.69, 9.17) is 11.6 Å². The summed E-state index contributed by atoms with van der Waals surface area (Å²) in [5, 5.41) is 5.36. The van der Waals surface area contributed by atoms with Gasteiger partial charge in [0.15, 0.2) is 0 Å². The molecule has 3 atom stereocenters. The second-order valence-corrected chi connectivity index (χ2v) is 6.89. The van der Waals surface area contributed by atoms with Gasteiger partial charge in [-0.25, -0.2) is 0 Å². The fraction of sp³-hybridized carbons (Fsp3) is 0.571. The van der Waals surface area contributed by atoms with Crippen molar-refractivity contribution in [2.45, 2.75) is 44.0 Å². The van der Waals surface area contributed by atoms with Crippen molar-refractivity contribution in [1.29, 1.82) is 0 Å². The molecule has 1 heterocycles. The minimum absolute atomic E-state index is 0.518. The Bertz CT molecular complexity index is 369. The molecule has 94 valence electrons. The first kappa shape index (κ1) is 13.3. The SMILES string of the molecule is CC(Cc1cccc(Cl)c1)NC1CSC(C)C1. The van der Waals surface area contributed by atoms with Gasteiger partial charge in [0.2, 0.25) is 0 Å². The standard InChI is InChI=1S/C14H20ClNS/c1-10(16-14-7-11(2)17-9-14)6-12-4-3-5-13(15)8-12/h3-5,8,10-11,14,16H,6-7,9H2,1-2H3. The van der Waals surface area contributed by atoms with E-state index in [-0.39, 0.29) is 0 Å². The average molecular weight is 270 g/mol. The lowest BCUT2D eigenvalue weighted by molar-refractivity contribution is 0.460. The maximum atomic E-state index is 5.99. The first-order valence-electron chi connectivity index (χ1n) is 6.25. The Morgan fingerprint density at radius 3 is 3.00 bits per heavy atom. The maximum absolute atomic E-state index is 5.99. The normalized spacial score (nSPS) is 26.1. The number of halogens is 1. The smallest absolute Gasteiger partial charge is 0.0408 e. The molecule has 1 aromatic rings. The second-order valence-electron chi connectivity index (χ2n) is 4.98. The van der Waals surface area contributed by atoms with Crippen molar-refractivity contribution in [2.75, 3.05) is 5.75 Å². The van der Waals surface area contributed by atoms with Gasteiger partial charge in [0.05, 0.1) is 0 Å². The van der Waals surface area contributed by atoms with Crippen LogP contribution in [0.15, 0.2) is 24.3 Å². The molecule has 0 aliphatic carbocycles. The Kier molecular flexibility index (Phi) is 4.78. The number of hydrogen-bond acceptors (Lipinski definition) is 2. The molecule has 0 radical (unpaired) electrons. The van der Waals surface area contributed by atoms with Gasteiger partial charge in [-0.15, -0.1) is 0 Å². The fourth-order valence-corrected chi connectivity index (χ4v) is 3.79. The summed E-state index contributed by atoms with van der Waals surface area (Å²) in [4.78, 5) is 0. The Labute approximate surface area is 113 Å². The maximum Gasteiger partial charge on any atom is 0.0408 e. The molecular weight excluding hydrogens is 250 g/mol. The molecule has 3 heteroatoms. The van der Waals surface area contributed by atoms with Crippen LogP contribution in [0.5, 0.6) is 0 Å². The highest BCUT2D eigenvalue weighted by atomic mass is 35.5. The van der Waals surface area contributed by atoms with E-state index in [0.717, 1.165) is 16.7 Å². The number of rotatable bonds is 4. The number of thioether (sulfide) groups is 1. The van der Waals surface area contributed by atoms with E-state index < -0.39 is 0 Å². The van der Waals surface area contributed by atoms with Crippen LogP contribution >= 0.6 is 23.4 Å². The highest BCUT2D eigenvalue weighted by Gasteiger charge is 2.22. The summed E-state index contributed by atoms with van der Waals surface area (Å²) in [6.45, 7) is 4.57. The van der Waals surface area contributed by atoms with Crippen molar-refractivity contribution in [3.8, 4) is 0 Å². The Hall–Kier alpha value is -0.180. The molecule has 1 aliphatic heterocycles. The summed E-state index contributed by atoms with van der Waals surface area (Å²) in [6, 6.07) is 9.37. The second kappa shape index (κ2) is 6.12. The highest BCUT2D eigenvalue weighted by molar-refractivity contribution is 8.00. The van der Waals surface area contributed by atoms with Crippen molar-refractivity contribution in [3.05, 3.63) is 34.9 Å². The topological polar surface area (TPSA) is 12.0 Å². The van der Waals surface area contributed by atoms with Crippen LogP contribution in [-0.2, 0) is 6.42 Å². The number of benzene rings is 1. The number of hydrogen-bond donors (Lipinski definition) is 1. The van der Waals surface area contributed by atoms with Crippen LogP contribution in [0.3, 0.4) is 0 Å². The predicted octanol–water partition coefficient (Wildman–Crippen LogP) is 3.75. The monoisotopic (exact) mass is 269 g/mol. The summed E-state index contributed by atoms with van der Waals surface area (Å²) >= 11 is 8.07. The Morgan fingerprint density at radius 2 is 2.35 bits per heavy atom. The largest absolute Gasteiger partial charge is 0.310 e. The van der Waals surface area contributed by atoms with Gasteiger partial charge in [0.25, 0.3) is 0 Å². The van der Waals surface area contributed by atoms with Crippen molar-refractivity contribution in [1.82, 2.24) is 5.32 Å². The molecule has 0 spiro atoms. The van der Waals surface area contributed by atoms with Crippen LogP contribution < -0.4 is 5.32 Å². The van der Waals surface area contributed by atoms with E-state index in [1.807, 2.05) is 12.1 Å². The summed E-state index contributed by atoms with van der Waals surface area (Å²) in [5.74, 6) is 1.25. The third kappa shape index (κ3) is 4.20. The Balaban J connectivity index is 1.83. The fourth-order valence-electron chi connectivity index (χ4n) is 2.41. The molecule has 1 saturated heterocycles. The quantitative estimate of drug-likeness (QED) is 0.893. The van der Waals surface area contributed by atoms with E-state index in [0.29, 0.717) is 12.1 Å². The minimum atomic E-state index is 0.518. The van der Waals surface area contributed by atoms with Gasteiger partial charge in [-0.3, -0.25) is 0 Å². The van der Waals surface area contributed by atoms with Gasteiger partial charge in [-0.2, -0.15) is 11.8 Å². The molecular formula is C14H20ClNS. The third-order valence-corrected chi connectivity index (χ3v) is 4.74. The summed E-state index contributed by atoms with van der Waals surface area (Å²) in [6.07, 6.45) is 2.35. The lowest BCUT2D eigenvalue weighted by Gasteiger charge is -2.19. The molecule has 1 aromatic carbocycles. The van der Waals surface area contributed by atoms with Crippen LogP contribution in [0, 0.1) is 0 Å². The van der Waals surface area contributed by atoms with E-state index in [2.05, 4.69) is 43.1 Å². The highest BCUT2D eigenvalue weighted by Crippen LogP contribution is 2.26. The minimum Gasteiger partial charge on any atom is -0.310 e. The van der Waals surface area contributed by atoms with Crippen LogP contribution in [0.2, 0.25) is 5.02 Å². The summed E-state index contributed by atoms with van der Waals surface area (Å²) in [5.41, 5.74) is 1.32. The van der Waals surface area contributed by atoms with E-state index in [9.17, 15) is 0 Å². The van der Waals surface area contributed by atoms with Crippen molar-refractivity contribution < 1.29 is 0 Å². The average Bonchev–Trinajstić information content (AvgIpc) is 2.63. The molecule has 1 fully saturated rings. The molecule has 1 N–H and O–H groups in total. The molecule has 0 aromatic heterocycles. The molecule has 3 unspecified atom stereocenters. The molecule has 0 bridgehead atoms. The van der Waals surface area contributed by atoms with Gasteiger partial charge in [-0.05, 0) is 37.5 Å². The molecule has 0 amide bonds. The van der Waals surface area contributed by atoms with E-state index in [1.54, 1.807) is 0 Å². The van der Waals surface area contributed by atoms with Gasteiger partial charge in [0, 0.05) is 28.1 Å². The Morgan fingerprint density at radius 1 is 1.53 bits per heavy atom. The van der Waals surface area contributed by atoms with Gasteiger partial charge >= 0.3 is 0 Å². The molecule has 2 rings (SSSR count). The third-order valence-electron chi connectivity index (χ3n) is 3.15. The van der Waals surface area contributed by atoms with E-state index >= 15 is 0 Å². The number of nitrogens with one attached hydrogen (secondary N) is 1. The van der Waals surface area contributed by atoms with Crippen molar-refractivity contribution in [3.63, 3.8) is 0 Å². The van der Waals surface area contributed by atoms with Gasteiger partial charge in [-0.1, -0.05) is 30.7 Å². The molecule has 1 aliphatic rings. The molecule has 1 nitrogen and oxygen atoms in total. The zero-order valence-electron chi connectivity index (χ0n) is 10.4. The zero-order chi connectivity index (χ0) is 12.3. The summed E-state index contributed by atoms with van der Waals surface area (Å²) < 4.78 is 0. The first-order chi connectivity index (χ1) is 8.13. The van der Waals surface area contributed by atoms with Crippen LogP contribution in [-0.4, -0.2) is 23.1 Å². The van der Waals surface area contributed by atoms with Gasteiger partial charge < -0.3 is 5.32 Å². The van der Waals surface area contributed by atoms with Crippen LogP contribution in [0.4, 0.5) is 0 Å². The summed E-state index contributed by atoms with van der Waals surface area (Å²) in [7, 11) is 0. The predicted molar refractivity (Wildman–Crippen MR) is 78.1 cm³/mol. The molecule has 0 saturated carbocycles. The molecule has 17 heavy (non-hydrogen) atoms. The lowest BCUT2D eigenvalue weighted by Crippen LogP contribution is -2.37. The van der Waals surface area contributed by atoms with Gasteiger partial charge in [0.1, 0.15) is 0 Å². The van der Waals surface area contributed by atoms with Crippen molar-refractivity contribution in [2.24, 2.45) is 0 Å².